The summed E-state index contributed by atoms with van der Waals surface area (Å²) in [6, 6.07) is 6.14. The van der Waals surface area contributed by atoms with E-state index in [-0.39, 0.29) is 0 Å². The van der Waals surface area contributed by atoms with E-state index in [0.29, 0.717) is 12.5 Å². The van der Waals surface area contributed by atoms with Gasteiger partial charge in [0.1, 0.15) is 0 Å². The highest BCUT2D eigenvalue weighted by atomic mass is 79.9. The van der Waals surface area contributed by atoms with Gasteiger partial charge in [-0.1, -0.05) is 34.1 Å². The number of aliphatic imine (C=N–C) groups is 1. The second-order valence-corrected chi connectivity index (χ2v) is 5.67. The molecule has 0 spiro atoms. The molecule has 2 aromatic rings. The topological polar surface area (TPSA) is 66.2 Å². The van der Waals surface area contributed by atoms with Crippen molar-refractivity contribution >= 4 is 32.8 Å². The average Bonchev–Trinajstić information content (AvgIpc) is 2.81. The predicted molar refractivity (Wildman–Crippen MR) is 89.0 cm³/mol. The molecular formula is C15H19BrN4. The third kappa shape index (κ3) is 3.63. The maximum absolute atomic E-state index is 5.78. The molecule has 4 nitrogen and oxygen atoms in total. The molecule has 20 heavy (non-hydrogen) atoms. The zero-order valence-corrected chi connectivity index (χ0v) is 13.1. The van der Waals surface area contributed by atoms with Crippen molar-refractivity contribution in [3.63, 3.8) is 0 Å². The van der Waals surface area contributed by atoms with Gasteiger partial charge in [-0.3, -0.25) is 0 Å². The number of hydrogen-bond donors (Lipinski definition) is 3. The largest absolute Gasteiger partial charge is 0.370 e. The second kappa shape index (κ2) is 6.61. The quantitative estimate of drug-likeness (QED) is 0.447. The highest BCUT2D eigenvalue weighted by molar-refractivity contribution is 9.10. The molecule has 4 N–H and O–H groups in total. The van der Waals surface area contributed by atoms with Crippen LogP contribution in [0.15, 0.2) is 46.0 Å². The van der Waals surface area contributed by atoms with Crippen molar-refractivity contribution in [1.82, 2.24) is 10.3 Å². The molecule has 0 aliphatic carbocycles. The first kappa shape index (κ1) is 14.7. The van der Waals surface area contributed by atoms with Gasteiger partial charge in [-0.2, -0.15) is 0 Å². The number of guanidine groups is 1. The first-order chi connectivity index (χ1) is 9.58. The molecule has 1 aromatic heterocycles. The summed E-state index contributed by atoms with van der Waals surface area (Å²) in [6.45, 7) is 7.04. The fourth-order valence-electron chi connectivity index (χ4n) is 2.01. The summed E-state index contributed by atoms with van der Waals surface area (Å²) in [5, 5.41) is 4.35. The van der Waals surface area contributed by atoms with E-state index in [1.807, 2.05) is 19.2 Å². The molecule has 1 heterocycles. The Morgan fingerprint density at radius 3 is 3.05 bits per heavy atom. The van der Waals surface area contributed by atoms with Crippen molar-refractivity contribution in [2.24, 2.45) is 10.7 Å². The number of aromatic nitrogens is 1. The number of hydrogen-bond acceptors (Lipinski definition) is 1. The van der Waals surface area contributed by atoms with Crippen LogP contribution in [0, 0.1) is 0 Å². The molecule has 5 heteroatoms. The van der Waals surface area contributed by atoms with E-state index in [0.717, 1.165) is 28.5 Å². The second-order valence-electron chi connectivity index (χ2n) is 4.81. The zero-order valence-electron chi connectivity index (χ0n) is 11.5. The van der Waals surface area contributed by atoms with Gasteiger partial charge in [-0.15, -0.1) is 0 Å². The van der Waals surface area contributed by atoms with E-state index in [2.05, 4.69) is 49.9 Å². The van der Waals surface area contributed by atoms with Crippen LogP contribution in [0.5, 0.6) is 0 Å². The number of aromatic amines is 1. The maximum Gasteiger partial charge on any atom is 0.188 e. The summed E-state index contributed by atoms with van der Waals surface area (Å²) >= 11 is 3.59. The van der Waals surface area contributed by atoms with Crippen LogP contribution in [0.3, 0.4) is 0 Å². The molecule has 106 valence electrons. The Labute approximate surface area is 127 Å². The Balaban J connectivity index is 1.97. The Morgan fingerprint density at radius 1 is 1.50 bits per heavy atom. The van der Waals surface area contributed by atoms with Crippen LogP contribution in [0.1, 0.15) is 12.5 Å². The third-order valence-electron chi connectivity index (χ3n) is 2.96. The molecule has 0 fully saturated rings. The lowest BCUT2D eigenvalue weighted by Gasteiger charge is -2.05. The molecule has 0 aliphatic heterocycles. The van der Waals surface area contributed by atoms with E-state index in [9.17, 15) is 0 Å². The molecule has 1 aromatic carbocycles. The van der Waals surface area contributed by atoms with E-state index >= 15 is 0 Å². The predicted octanol–water partition coefficient (Wildman–Crippen LogP) is 2.95. The van der Waals surface area contributed by atoms with Crippen LogP contribution in [0.2, 0.25) is 0 Å². The summed E-state index contributed by atoms with van der Waals surface area (Å²) in [5.41, 5.74) is 9.17. The Morgan fingerprint density at radius 2 is 2.30 bits per heavy atom. The van der Waals surface area contributed by atoms with Gasteiger partial charge < -0.3 is 16.0 Å². The summed E-state index contributed by atoms with van der Waals surface area (Å²) in [7, 11) is 0. The Hall–Kier alpha value is -1.75. The van der Waals surface area contributed by atoms with Crippen LogP contribution < -0.4 is 11.1 Å². The van der Waals surface area contributed by atoms with Gasteiger partial charge in [-0.05, 0) is 31.0 Å². The molecule has 0 radical (unpaired) electrons. The fourth-order valence-corrected chi connectivity index (χ4v) is 2.63. The van der Waals surface area contributed by atoms with Crippen LogP contribution >= 0.6 is 15.9 Å². The average molecular weight is 335 g/mol. The highest BCUT2D eigenvalue weighted by Gasteiger charge is 2.06. The number of fused-ring (bicyclic) bond motifs is 1. The van der Waals surface area contributed by atoms with E-state index in [1.165, 1.54) is 10.9 Å². The van der Waals surface area contributed by atoms with E-state index in [4.69, 9.17) is 5.73 Å². The van der Waals surface area contributed by atoms with Gasteiger partial charge in [0.05, 0.1) is 6.54 Å². The van der Waals surface area contributed by atoms with Gasteiger partial charge in [0, 0.05) is 28.1 Å². The lowest BCUT2D eigenvalue weighted by Crippen LogP contribution is -2.33. The molecule has 0 saturated carbocycles. The molecule has 0 amide bonds. The zero-order chi connectivity index (χ0) is 14.5. The minimum Gasteiger partial charge on any atom is -0.370 e. The number of nitrogens with one attached hydrogen (secondary N) is 2. The Kier molecular flexibility index (Phi) is 4.84. The summed E-state index contributed by atoms with van der Waals surface area (Å²) < 4.78 is 1.11. The van der Waals surface area contributed by atoms with Crippen molar-refractivity contribution in [1.29, 1.82) is 0 Å². The molecule has 0 bridgehead atoms. The van der Waals surface area contributed by atoms with Crippen LogP contribution in [-0.2, 0) is 6.42 Å². The molecule has 2 rings (SSSR count). The molecule has 0 atom stereocenters. The van der Waals surface area contributed by atoms with Gasteiger partial charge in [0.2, 0.25) is 0 Å². The SMILES string of the molecule is C=C(C)CN=C(N)NCCc1c[nH]c2cccc(Br)c12. The first-order valence-electron chi connectivity index (χ1n) is 6.50. The number of nitrogens with two attached hydrogens (primary N) is 1. The number of benzene rings is 1. The molecule has 0 unspecified atom stereocenters. The van der Waals surface area contributed by atoms with E-state index < -0.39 is 0 Å². The van der Waals surface area contributed by atoms with Crippen molar-refractivity contribution in [2.75, 3.05) is 13.1 Å². The van der Waals surface area contributed by atoms with Crippen LogP contribution in [0.25, 0.3) is 10.9 Å². The normalized spacial score (nSPS) is 11.8. The number of nitrogens with zero attached hydrogens (tertiary/aromatic N) is 1. The minimum atomic E-state index is 0.465. The summed E-state index contributed by atoms with van der Waals surface area (Å²) in [5.74, 6) is 0.465. The first-order valence-corrected chi connectivity index (χ1v) is 7.30. The van der Waals surface area contributed by atoms with Crippen LogP contribution in [0.4, 0.5) is 0 Å². The number of rotatable bonds is 5. The fraction of sp³-hybridized carbons (Fsp3) is 0.267. The summed E-state index contributed by atoms with van der Waals surface area (Å²) in [6.07, 6.45) is 2.92. The van der Waals surface area contributed by atoms with Crippen molar-refractivity contribution in [2.45, 2.75) is 13.3 Å². The van der Waals surface area contributed by atoms with Crippen molar-refractivity contribution < 1.29 is 0 Å². The lowest BCUT2D eigenvalue weighted by molar-refractivity contribution is 0.856. The lowest BCUT2D eigenvalue weighted by atomic mass is 10.1. The third-order valence-corrected chi connectivity index (χ3v) is 3.62. The molecule has 0 aliphatic rings. The molecule has 0 saturated heterocycles. The Bertz CT molecular complexity index is 642. The smallest absolute Gasteiger partial charge is 0.188 e. The standard InChI is InChI=1S/C15H19BrN4/c1-10(2)8-20-15(17)18-7-6-11-9-19-13-5-3-4-12(16)14(11)13/h3-5,9,19H,1,6-8H2,2H3,(H3,17,18,20). The summed E-state index contributed by atoms with van der Waals surface area (Å²) in [4.78, 5) is 7.47. The monoisotopic (exact) mass is 334 g/mol. The van der Waals surface area contributed by atoms with Gasteiger partial charge in [0.25, 0.3) is 0 Å². The maximum atomic E-state index is 5.78. The van der Waals surface area contributed by atoms with Crippen molar-refractivity contribution in [3.05, 3.63) is 46.6 Å². The van der Waals surface area contributed by atoms with Gasteiger partial charge in [0.15, 0.2) is 5.96 Å². The van der Waals surface area contributed by atoms with Gasteiger partial charge >= 0.3 is 0 Å². The number of H-pyrrole nitrogens is 1. The van der Waals surface area contributed by atoms with Crippen LogP contribution in [-0.4, -0.2) is 24.0 Å². The highest BCUT2D eigenvalue weighted by Crippen LogP contribution is 2.26. The minimum absolute atomic E-state index is 0.465. The van der Waals surface area contributed by atoms with Crippen molar-refractivity contribution in [3.8, 4) is 0 Å². The van der Waals surface area contributed by atoms with Gasteiger partial charge in [-0.25, -0.2) is 4.99 Å². The molecular weight excluding hydrogens is 316 g/mol. The number of halogens is 1. The van der Waals surface area contributed by atoms with E-state index in [1.54, 1.807) is 0 Å².